The Morgan fingerprint density at radius 2 is 2.05 bits per heavy atom. The van der Waals surface area contributed by atoms with E-state index in [-0.39, 0.29) is 0 Å². The van der Waals surface area contributed by atoms with E-state index in [9.17, 15) is 0 Å². The highest BCUT2D eigenvalue weighted by Crippen LogP contribution is 2.32. The van der Waals surface area contributed by atoms with Crippen molar-refractivity contribution in [1.29, 1.82) is 0 Å². The summed E-state index contributed by atoms with van der Waals surface area (Å²) in [4.78, 5) is 1.28. The molecule has 0 spiro atoms. The lowest BCUT2D eigenvalue weighted by molar-refractivity contribution is 0.413. The van der Waals surface area contributed by atoms with Crippen LogP contribution in [0.4, 0.5) is 5.69 Å². The van der Waals surface area contributed by atoms with Gasteiger partial charge >= 0.3 is 0 Å². The molecule has 1 aliphatic heterocycles. The number of benzene rings is 2. The zero-order valence-corrected chi connectivity index (χ0v) is 12.5. The van der Waals surface area contributed by atoms with Crippen molar-refractivity contribution >= 4 is 17.4 Å². The van der Waals surface area contributed by atoms with Gasteiger partial charge < -0.3 is 10.1 Å². The van der Waals surface area contributed by atoms with Crippen molar-refractivity contribution in [2.45, 2.75) is 23.0 Å². The van der Waals surface area contributed by atoms with E-state index >= 15 is 0 Å². The van der Waals surface area contributed by atoms with Gasteiger partial charge in [-0.05, 0) is 42.7 Å². The van der Waals surface area contributed by atoms with Crippen LogP contribution in [0.5, 0.6) is 5.75 Å². The number of fused-ring (bicyclic) bond motifs is 1. The van der Waals surface area contributed by atoms with Crippen LogP contribution in [0.2, 0.25) is 0 Å². The lowest BCUT2D eigenvalue weighted by Crippen LogP contribution is -2.14. The number of nitrogens with one attached hydrogen (secondary N) is 1. The van der Waals surface area contributed by atoms with Gasteiger partial charge in [0.15, 0.2) is 0 Å². The van der Waals surface area contributed by atoms with Crippen molar-refractivity contribution in [2.24, 2.45) is 0 Å². The third-order valence-corrected chi connectivity index (χ3v) is 4.88. The van der Waals surface area contributed by atoms with Crippen LogP contribution in [0.25, 0.3) is 0 Å². The van der Waals surface area contributed by atoms with Gasteiger partial charge in [0.05, 0.1) is 7.11 Å². The van der Waals surface area contributed by atoms with Crippen LogP contribution < -0.4 is 10.1 Å². The normalized spacial score (nSPS) is 17.8. The van der Waals surface area contributed by atoms with Crippen LogP contribution >= 0.6 is 11.8 Å². The average molecular weight is 285 g/mol. The third kappa shape index (κ3) is 3.10. The number of hydrogen-bond donors (Lipinski definition) is 1. The Kier molecular flexibility index (Phi) is 4.16. The second kappa shape index (κ2) is 6.23. The van der Waals surface area contributed by atoms with Gasteiger partial charge in [-0.3, -0.25) is 0 Å². The van der Waals surface area contributed by atoms with E-state index in [0.717, 1.165) is 18.7 Å². The first-order valence-electron chi connectivity index (χ1n) is 6.97. The summed E-state index contributed by atoms with van der Waals surface area (Å²) in [7, 11) is 1.72. The molecule has 1 N–H and O–H groups in total. The van der Waals surface area contributed by atoms with Gasteiger partial charge in [0, 0.05) is 22.4 Å². The molecule has 0 saturated heterocycles. The van der Waals surface area contributed by atoms with Crippen LogP contribution in [0.1, 0.15) is 12.0 Å². The highest BCUT2D eigenvalue weighted by Gasteiger charge is 2.16. The second-order valence-electron chi connectivity index (χ2n) is 5.00. The standard InChI is InChI=1S/C17H19NOS/c1-19-14-6-4-7-15(11-14)20-16-10-9-13-5-2-3-8-17(13)18-12-16/h2-8,11,16,18H,9-10,12H2,1H3. The molecular formula is C17H19NOS. The molecule has 104 valence electrons. The maximum atomic E-state index is 5.29. The molecule has 2 nitrogen and oxygen atoms in total. The van der Waals surface area contributed by atoms with Crippen molar-refractivity contribution in [3.8, 4) is 5.75 Å². The van der Waals surface area contributed by atoms with Crippen molar-refractivity contribution in [1.82, 2.24) is 0 Å². The fourth-order valence-electron chi connectivity index (χ4n) is 2.52. The summed E-state index contributed by atoms with van der Waals surface area (Å²) in [6.45, 7) is 1.01. The first-order chi connectivity index (χ1) is 9.85. The minimum absolute atomic E-state index is 0.592. The van der Waals surface area contributed by atoms with E-state index in [1.807, 2.05) is 17.8 Å². The minimum atomic E-state index is 0.592. The SMILES string of the molecule is COc1cccc(SC2CCc3ccccc3NC2)c1. The number of aryl methyl sites for hydroxylation is 1. The van der Waals surface area contributed by atoms with Crippen molar-refractivity contribution in [2.75, 3.05) is 19.0 Å². The van der Waals surface area contributed by atoms with E-state index in [2.05, 4.69) is 47.8 Å². The molecule has 0 saturated carbocycles. The molecule has 2 aromatic carbocycles. The third-order valence-electron chi connectivity index (χ3n) is 3.62. The lowest BCUT2D eigenvalue weighted by atomic mass is 10.1. The second-order valence-corrected chi connectivity index (χ2v) is 6.37. The molecule has 20 heavy (non-hydrogen) atoms. The highest BCUT2D eigenvalue weighted by atomic mass is 32.2. The van der Waals surface area contributed by atoms with Crippen LogP contribution in [0.3, 0.4) is 0 Å². The average Bonchev–Trinajstić information content (AvgIpc) is 2.70. The molecule has 1 unspecified atom stereocenters. The zero-order chi connectivity index (χ0) is 13.8. The van der Waals surface area contributed by atoms with Gasteiger partial charge in [-0.2, -0.15) is 0 Å². The Morgan fingerprint density at radius 1 is 1.15 bits per heavy atom. The van der Waals surface area contributed by atoms with Crippen molar-refractivity contribution < 1.29 is 4.74 Å². The quantitative estimate of drug-likeness (QED) is 0.912. The number of rotatable bonds is 3. The molecule has 0 amide bonds. The molecule has 0 fully saturated rings. The van der Waals surface area contributed by atoms with Crippen LogP contribution in [-0.2, 0) is 6.42 Å². The van der Waals surface area contributed by atoms with E-state index in [4.69, 9.17) is 4.74 Å². The summed E-state index contributed by atoms with van der Waals surface area (Å²) in [5.41, 5.74) is 2.72. The van der Waals surface area contributed by atoms with E-state index in [1.165, 1.54) is 22.6 Å². The highest BCUT2D eigenvalue weighted by molar-refractivity contribution is 8.00. The summed E-state index contributed by atoms with van der Waals surface area (Å²) >= 11 is 1.94. The molecule has 1 aliphatic rings. The van der Waals surface area contributed by atoms with E-state index in [1.54, 1.807) is 7.11 Å². The summed E-state index contributed by atoms with van der Waals surface area (Å²) in [6.07, 6.45) is 2.34. The number of thioether (sulfide) groups is 1. The Morgan fingerprint density at radius 3 is 2.95 bits per heavy atom. The minimum Gasteiger partial charge on any atom is -0.497 e. The van der Waals surface area contributed by atoms with Crippen LogP contribution in [0, 0.1) is 0 Å². The van der Waals surface area contributed by atoms with Crippen molar-refractivity contribution in [3.63, 3.8) is 0 Å². The summed E-state index contributed by atoms with van der Waals surface area (Å²) in [5.74, 6) is 0.930. The van der Waals surface area contributed by atoms with Crippen LogP contribution in [-0.4, -0.2) is 18.9 Å². The Balaban J connectivity index is 1.68. The Labute approximate surface area is 124 Å². The Hall–Kier alpha value is -1.61. The molecule has 3 heteroatoms. The molecule has 1 atom stereocenters. The van der Waals surface area contributed by atoms with Gasteiger partial charge in [-0.15, -0.1) is 11.8 Å². The summed E-state index contributed by atoms with van der Waals surface area (Å²) in [6, 6.07) is 16.9. The van der Waals surface area contributed by atoms with Gasteiger partial charge in [-0.25, -0.2) is 0 Å². The van der Waals surface area contributed by atoms with Crippen LogP contribution in [0.15, 0.2) is 53.4 Å². The fraction of sp³-hybridized carbons (Fsp3) is 0.294. The summed E-state index contributed by atoms with van der Waals surface area (Å²) in [5, 5.41) is 4.16. The largest absolute Gasteiger partial charge is 0.497 e. The predicted molar refractivity (Wildman–Crippen MR) is 85.9 cm³/mol. The fourth-order valence-corrected chi connectivity index (χ4v) is 3.65. The number of ether oxygens (including phenoxy) is 1. The number of hydrogen-bond acceptors (Lipinski definition) is 3. The molecule has 0 bridgehead atoms. The van der Waals surface area contributed by atoms with Gasteiger partial charge in [0.25, 0.3) is 0 Å². The predicted octanol–water partition coefficient (Wildman–Crippen LogP) is 4.21. The number of anilines is 1. The lowest BCUT2D eigenvalue weighted by Gasteiger charge is -2.14. The molecule has 1 heterocycles. The summed E-state index contributed by atoms with van der Waals surface area (Å²) < 4.78 is 5.29. The van der Waals surface area contributed by atoms with E-state index < -0.39 is 0 Å². The molecule has 0 aromatic heterocycles. The molecule has 0 radical (unpaired) electrons. The zero-order valence-electron chi connectivity index (χ0n) is 11.6. The molecular weight excluding hydrogens is 266 g/mol. The molecule has 2 aromatic rings. The van der Waals surface area contributed by atoms with Crippen molar-refractivity contribution in [3.05, 3.63) is 54.1 Å². The Bertz CT molecular complexity index is 558. The molecule has 3 rings (SSSR count). The van der Waals surface area contributed by atoms with Gasteiger partial charge in [0.2, 0.25) is 0 Å². The van der Waals surface area contributed by atoms with Gasteiger partial charge in [-0.1, -0.05) is 24.3 Å². The maximum absolute atomic E-state index is 5.29. The van der Waals surface area contributed by atoms with E-state index in [0.29, 0.717) is 5.25 Å². The first-order valence-corrected chi connectivity index (χ1v) is 7.85. The van der Waals surface area contributed by atoms with Gasteiger partial charge in [0.1, 0.15) is 5.75 Å². The smallest absolute Gasteiger partial charge is 0.119 e. The maximum Gasteiger partial charge on any atom is 0.119 e. The number of methoxy groups -OCH3 is 1. The first kappa shape index (κ1) is 13.4. The monoisotopic (exact) mass is 285 g/mol. The topological polar surface area (TPSA) is 21.3 Å². The molecule has 0 aliphatic carbocycles. The number of para-hydroxylation sites is 1.